The van der Waals surface area contributed by atoms with Crippen molar-refractivity contribution in [3.8, 4) is 0 Å². The van der Waals surface area contributed by atoms with Crippen molar-refractivity contribution in [2.24, 2.45) is 0 Å². The van der Waals surface area contributed by atoms with Crippen molar-refractivity contribution in [3.63, 3.8) is 0 Å². The third-order valence-electron chi connectivity index (χ3n) is 4.40. The Morgan fingerprint density at radius 1 is 1.19 bits per heavy atom. The SMILES string of the molecule is CCOC(=O)C1CN(C(=O)OC(C)(C)C)CCN1C(=O)/C=C/c1ccc([N+](=O)[O-])cc1. The van der Waals surface area contributed by atoms with Crippen LogP contribution in [0.1, 0.15) is 33.3 Å². The molecule has 2 amide bonds. The number of hydrogen-bond acceptors (Lipinski definition) is 7. The van der Waals surface area contributed by atoms with Gasteiger partial charge in [-0.25, -0.2) is 9.59 Å². The van der Waals surface area contributed by atoms with Crippen LogP contribution in [-0.4, -0.2) is 70.6 Å². The molecule has 0 aromatic heterocycles. The fourth-order valence-electron chi connectivity index (χ4n) is 2.95. The van der Waals surface area contributed by atoms with Gasteiger partial charge >= 0.3 is 12.1 Å². The van der Waals surface area contributed by atoms with Gasteiger partial charge in [0.25, 0.3) is 5.69 Å². The lowest BCUT2D eigenvalue weighted by molar-refractivity contribution is -0.384. The first-order valence-corrected chi connectivity index (χ1v) is 9.89. The number of piperazine rings is 1. The molecule has 2 rings (SSSR count). The molecule has 1 saturated heterocycles. The first kappa shape index (κ1) is 23.8. The van der Waals surface area contributed by atoms with Crippen LogP contribution in [0.5, 0.6) is 0 Å². The molecule has 0 aliphatic carbocycles. The molecule has 31 heavy (non-hydrogen) atoms. The maximum absolute atomic E-state index is 12.8. The van der Waals surface area contributed by atoms with E-state index in [1.165, 1.54) is 46.2 Å². The van der Waals surface area contributed by atoms with Gasteiger partial charge in [-0.05, 0) is 51.5 Å². The smallest absolute Gasteiger partial charge is 0.410 e. The van der Waals surface area contributed by atoms with Crippen molar-refractivity contribution in [2.75, 3.05) is 26.2 Å². The minimum atomic E-state index is -0.963. The highest BCUT2D eigenvalue weighted by Crippen LogP contribution is 2.18. The molecular weight excluding hydrogens is 406 g/mol. The molecule has 1 fully saturated rings. The standard InChI is InChI=1S/C21H27N3O7/c1-5-30-19(26)17-14-22(20(27)31-21(2,3)4)12-13-23(17)18(25)11-8-15-6-9-16(10-7-15)24(28)29/h6-11,17H,5,12-14H2,1-4H3/b11-8+. The van der Waals surface area contributed by atoms with Crippen molar-refractivity contribution in [2.45, 2.75) is 39.3 Å². The van der Waals surface area contributed by atoms with Crippen LogP contribution in [0.15, 0.2) is 30.3 Å². The number of carbonyl (C=O) groups is 3. The first-order chi connectivity index (χ1) is 14.5. The molecule has 1 aromatic rings. The van der Waals surface area contributed by atoms with Gasteiger partial charge in [0.1, 0.15) is 11.6 Å². The minimum Gasteiger partial charge on any atom is -0.464 e. The molecule has 10 heteroatoms. The Bertz CT molecular complexity index is 859. The van der Waals surface area contributed by atoms with Gasteiger partial charge in [-0.2, -0.15) is 0 Å². The van der Waals surface area contributed by atoms with Gasteiger partial charge in [-0.3, -0.25) is 14.9 Å². The van der Waals surface area contributed by atoms with E-state index in [1.807, 2.05) is 0 Å². The molecule has 0 saturated carbocycles. The number of ether oxygens (including phenoxy) is 2. The van der Waals surface area contributed by atoms with E-state index in [1.54, 1.807) is 27.7 Å². The maximum Gasteiger partial charge on any atom is 0.410 e. The molecule has 10 nitrogen and oxygen atoms in total. The van der Waals surface area contributed by atoms with Gasteiger partial charge in [-0.15, -0.1) is 0 Å². The summed E-state index contributed by atoms with van der Waals surface area (Å²) in [6.07, 6.45) is 2.24. The van der Waals surface area contributed by atoms with Crippen molar-refractivity contribution >= 4 is 29.7 Å². The summed E-state index contributed by atoms with van der Waals surface area (Å²) in [5.74, 6) is -1.03. The Labute approximate surface area is 180 Å². The Balaban J connectivity index is 2.13. The third kappa shape index (κ3) is 6.80. The topological polar surface area (TPSA) is 119 Å². The van der Waals surface area contributed by atoms with Crippen LogP contribution in [0.25, 0.3) is 6.08 Å². The van der Waals surface area contributed by atoms with Gasteiger partial charge < -0.3 is 19.3 Å². The number of carbonyl (C=O) groups excluding carboxylic acids is 3. The summed E-state index contributed by atoms with van der Waals surface area (Å²) in [7, 11) is 0. The summed E-state index contributed by atoms with van der Waals surface area (Å²) in [5.41, 5.74) is -0.139. The van der Waals surface area contributed by atoms with Crippen molar-refractivity contribution in [1.82, 2.24) is 9.80 Å². The van der Waals surface area contributed by atoms with Crippen LogP contribution in [0, 0.1) is 10.1 Å². The molecular formula is C21H27N3O7. The lowest BCUT2D eigenvalue weighted by atomic mass is 10.1. The number of rotatable bonds is 5. The van der Waals surface area contributed by atoms with Gasteiger partial charge in [0.2, 0.25) is 5.91 Å². The Morgan fingerprint density at radius 3 is 2.39 bits per heavy atom. The van der Waals surface area contributed by atoms with Crippen LogP contribution < -0.4 is 0 Å². The van der Waals surface area contributed by atoms with Crippen molar-refractivity contribution in [3.05, 3.63) is 46.0 Å². The second-order valence-corrected chi connectivity index (χ2v) is 7.91. The van der Waals surface area contributed by atoms with Gasteiger partial charge in [0.15, 0.2) is 0 Å². The normalized spacial score (nSPS) is 16.8. The number of nitrogens with zero attached hydrogens (tertiary/aromatic N) is 3. The lowest BCUT2D eigenvalue weighted by Crippen LogP contribution is -2.60. The molecule has 1 aliphatic rings. The molecule has 1 heterocycles. The summed E-state index contributed by atoms with van der Waals surface area (Å²) in [4.78, 5) is 50.6. The number of esters is 1. The predicted molar refractivity (Wildman–Crippen MR) is 112 cm³/mol. The van der Waals surface area contributed by atoms with Crippen LogP contribution >= 0.6 is 0 Å². The Kier molecular flexibility index (Phi) is 7.73. The number of benzene rings is 1. The van der Waals surface area contributed by atoms with Crippen molar-refractivity contribution in [1.29, 1.82) is 0 Å². The molecule has 0 N–H and O–H groups in total. The van der Waals surface area contributed by atoms with E-state index >= 15 is 0 Å². The number of nitro benzene ring substituents is 1. The van der Waals surface area contributed by atoms with E-state index in [4.69, 9.17) is 9.47 Å². The zero-order chi connectivity index (χ0) is 23.2. The highest BCUT2D eigenvalue weighted by molar-refractivity contribution is 5.95. The van der Waals surface area contributed by atoms with Crippen LogP contribution in [0.3, 0.4) is 0 Å². The molecule has 168 valence electrons. The summed E-state index contributed by atoms with van der Waals surface area (Å²) < 4.78 is 10.5. The van der Waals surface area contributed by atoms with Gasteiger partial charge in [0.05, 0.1) is 18.1 Å². The van der Waals surface area contributed by atoms with E-state index < -0.39 is 34.5 Å². The zero-order valence-corrected chi connectivity index (χ0v) is 18.1. The highest BCUT2D eigenvalue weighted by Gasteiger charge is 2.38. The van der Waals surface area contributed by atoms with E-state index in [0.29, 0.717) is 5.56 Å². The largest absolute Gasteiger partial charge is 0.464 e. The summed E-state index contributed by atoms with van der Waals surface area (Å²) in [6.45, 7) is 7.35. The second-order valence-electron chi connectivity index (χ2n) is 7.91. The van der Waals surface area contributed by atoms with Crippen LogP contribution in [-0.2, 0) is 19.1 Å². The average molecular weight is 433 g/mol. The van der Waals surface area contributed by atoms with E-state index in [-0.39, 0.29) is 31.9 Å². The maximum atomic E-state index is 12.8. The number of amides is 2. The number of hydrogen-bond donors (Lipinski definition) is 0. The fraction of sp³-hybridized carbons (Fsp3) is 0.476. The monoisotopic (exact) mass is 433 g/mol. The van der Waals surface area contributed by atoms with E-state index in [9.17, 15) is 24.5 Å². The highest BCUT2D eigenvalue weighted by atomic mass is 16.6. The van der Waals surface area contributed by atoms with E-state index in [0.717, 1.165) is 0 Å². The average Bonchev–Trinajstić information content (AvgIpc) is 2.70. The first-order valence-electron chi connectivity index (χ1n) is 9.89. The molecule has 1 atom stereocenters. The fourth-order valence-corrected chi connectivity index (χ4v) is 2.95. The Morgan fingerprint density at radius 2 is 1.84 bits per heavy atom. The molecule has 1 aromatic carbocycles. The van der Waals surface area contributed by atoms with E-state index in [2.05, 4.69) is 0 Å². The van der Waals surface area contributed by atoms with Crippen molar-refractivity contribution < 1.29 is 28.8 Å². The molecule has 1 aliphatic heterocycles. The summed E-state index contributed by atoms with van der Waals surface area (Å²) >= 11 is 0. The Hall–Kier alpha value is -3.43. The predicted octanol–water partition coefficient (Wildman–Crippen LogP) is 2.62. The minimum absolute atomic E-state index is 0.0368. The van der Waals surface area contributed by atoms with Crippen LogP contribution in [0.4, 0.5) is 10.5 Å². The molecule has 0 spiro atoms. The van der Waals surface area contributed by atoms with Gasteiger partial charge in [-0.1, -0.05) is 0 Å². The third-order valence-corrected chi connectivity index (χ3v) is 4.40. The molecule has 1 unspecified atom stereocenters. The van der Waals surface area contributed by atoms with Crippen LogP contribution in [0.2, 0.25) is 0 Å². The number of nitro groups is 1. The lowest BCUT2D eigenvalue weighted by Gasteiger charge is -2.39. The summed E-state index contributed by atoms with van der Waals surface area (Å²) in [6, 6.07) is 4.75. The zero-order valence-electron chi connectivity index (χ0n) is 18.1. The van der Waals surface area contributed by atoms with Gasteiger partial charge in [0, 0.05) is 31.3 Å². The second kappa shape index (κ2) is 10.1. The quantitative estimate of drug-likeness (QED) is 0.303. The molecule has 0 radical (unpaired) electrons. The number of non-ortho nitro benzene ring substituents is 1. The summed E-state index contributed by atoms with van der Waals surface area (Å²) in [5, 5.41) is 10.7. The molecule has 0 bridgehead atoms.